The van der Waals surface area contributed by atoms with Gasteiger partial charge in [-0.25, -0.2) is 0 Å². The second-order valence-corrected chi connectivity index (χ2v) is 7.67. The van der Waals surface area contributed by atoms with E-state index in [0.717, 1.165) is 42.8 Å². The number of para-hydroxylation sites is 1. The first-order chi connectivity index (χ1) is 12.7. The molecule has 26 heavy (non-hydrogen) atoms. The molecule has 1 saturated heterocycles. The number of anilines is 1. The van der Waals surface area contributed by atoms with Gasteiger partial charge in [-0.1, -0.05) is 37.6 Å². The fourth-order valence-corrected chi connectivity index (χ4v) is 4.09. The van der Waals surface area contributed by atoms with Gasteiger partial charge in [-0.2, -0.15) is 0 Å². The van der Waals surface area contributed by atoms with Gasteiger partial charge < -0.3 is 9.80 Å². The van der Waals surface area contributed by atoms with Crippen LogP contribution >= 0.6 is 11.3 Å². The highest BCUT2D eigenvalue weighted by Gasteiger charge is 2.31. The molecule has 1 aliphatic heterocycles. The number of nitrogens with zero attached hydrogens (tertiary/aromatic N) is 2. The molecule has 2 amide bonds. The van der Waals surface area contributed by atoms with Crippen molar-refractivity contribution < 1.29 is 9.59 Å². The standard InChI is InChI=1S/C21H26N2O2S/c1-2-3-13-23(18-8-5-4-6-9-18)20(24)17-11-14-22(15-12-17)21(25)19-10-7-16-26-19/h4-10,16-17H,2-3,11-15H2,1H3. The summed E-state index contributed by atoms with van der Waals surface area (Å²) in [6.45, 7) is 4.21. The van der Waals surface area contributed by atoms with Crippen LogP contribution in [-0.4, -0.2) is 36.3 Å². The van der Waals surface area contributed by atoms with E-state index in [2.05, 4.69) is 6.92 Å². The quantitative estimate of drug-likeness (QED) is 0.754. The van der Waals surface area contributed by atoms with E-state index in [0.29, 0.717) is 13.1 Å². The summed E-state index contributed by atoms with van der Waals surface area (Å²) in [4.78, 5) is 30.2. The number of piperidine rings is 1. The van der Waals surface area contributed by atoms with Crippen molar-refractivity contribution in [2.45, 2.75) is 32.6 Å². The van der Waals surface area contributed by atoms with Crippen LogP contribution in [0.2, 0.25) is 0 Å². The Bertz CT molecular complexity index is 707. The van der Waals surface area contributed by atoms with Crippen LogP contribution in [0.15, 0.2) is 47.8 Å². The van der Waals surface area contributed by atoms with Crippen molar-refractivity contribution in [3.05, 3.63) is 52.7 Å². The first-order valence-electron chi connectivity index (χ1n) is 9.40. The lowest BCUT2D eigenvalue weighted by Gasteiger charge is -2.34. The van der Waals surface area contributed by atoms with Gasteiger partial charge >= 0.3 is 0 Å². The lowest BCUT2D eigenvalue weighted by atomic mass is 9.94. The van der Waals surface area contributed by atoms with E-state index in [9.17, 15) is 9.59 Å². The van der Waals surface area contributed by atoms with E-state index in [1.807, 2.05) is 57.6 Å². The summed E-state index contributed by atoms with van der Waals surface area (Å²) in [6, 6.07) is 13.7. The van der Waals surface area contributed by atoms with E-state index in [1.54, 1.807) is 0 Å². The maximum atomic E-state index is 13.1. The van der Waals surface area contributed by atoms with Gasteiger partial charge in [0.15, 0.2) is 0 Å². The number of thiophene rings is 1. The number of likely N-dealkylation sites (tertiary alicyclic amines) is 1. The molecule has 0 radical (unpaired) electrons. The zero-order valence-electron chi connectivity index (χ0n) is 15.3. The molecular formula is C21H26N2O2S. The SMILES string of the molecule is CCCCN(C(=O)C1CCN(C(=O)c2cccs2)CC1)c1ccccc1. The summed E-state index contributed by atoms with van der Waals surface area (Å²) in [5.74, 6) is 0.295. The monoisotopic (exact) mass is 370 g/mol. The van der Waals surface area contributed by atoms with Crippen LogP contribution in [0, 0.1) is 5.92 Å². The van der Waals surface area contributed by atoms with Crippen molar-refractivity contribution in [3.8, 4) is 0 Å². The summed E-state index contributed by atoms with van der Waals surface area (Å²) >= 11 is 1.48. The minimum atomic E-state index is -0.000511. The van der Waals surface area contributed by atoms with Gasteiger partial charge in [0, 0.05) is 31.2 Å². The van der Waals surface area contributed by atoms with Crippen molar-refractivity contribution in [3.63, 3.8) is 0 Å². The molecular weight excluding hydrogens is 344 g/mol. The van der Waals surface area contributed by atoms with E-state index in [4.69, 9.17) is 0 Å². The van der Waals surface area contributed by atoms with E-state index < -0.39 is 0 Å². The molecule has 0 N–H and O–H groups in total. The third kappa shape index (κ3) is 4.33. The van der Waals surface area contributed by atoms with Crippen LogP contribution in [0.3, 0.4) is 0 Å². The highest BCUT2D eigenvalue weighted by molar-refractivity contribution is 7.12. The molecule has 1 aliphatic rings. The number of hydrogen-bond acceptors (Lipinski definition) is 3. The summed E-state index contributed by atoms with van der Waals surface area (Å²) in [6.07, 6.45) is 3.54. The Balaban J connectivity index is 1.63. The number of carbonyl (C=O) groups is 2. The normalized spacial score (nSPS) is 15.0. The molecule has 1 aromatic carbocycles. The molecule has 2 aromatic rings. The molecule has 1 aromatic heterocycles. The van der Waals surface area contributed by atoms with Gasteiger partial charge in [-0.3, -0.25) is 9.59 Å². The number of benzene rings is 1. The lowest BCUT2D eigenvalue weighted by molar-refractivity contribution is -0.123. The maximum absolute atomic E-state index is 13.1. The van der Waals surface area contributed by atoms with E-state index in [-0.39, 0.29) is 17.7 Å². The fourth-order valence-electron chi connectivity index (χ4n) is 3.40. The minimum absolute atomic E-state index is 0.000511. The predicted octanol–water partition coefficient (Wildman–Crippen LogP) is 4.43. The maximum Gasteiger partial charge on any atom is 0.263 e. The largest absolute Gasteiger partial charge is 0.338 e. The van der Waals surface area contributed by atoms with Crippen molar-refractivity contribution in [1.29, 1.82) is 0 Å². The Labute approximate surface area is 159 Å². The number of unbranched alkanes of at least 4 members (excludes halogenated alkanes) is 1. The summed E-state index contributed by atoms with van der Waals surface area (Å²) in [5.41, 5.74) is 0.975. The van der Waals surface area contributed by atoms with Crippen LogP contribution in [0.4, 0.5) is 5.69 Å². The third-order valence-electron chi connectivity index (χ3n) is 4.93. The van der Waals surface area contributed by atoms with E-state index >= 15 is 0 Å². The molecule has 2 heterocycles. The Morgan fingerprint density at radius 3 is 2.46 bits per heavy atom. The number of rotatable bonds is 6. The third-order valence-corrected chi connectivity index (χ3v) is 5.79. The Morgan fingerprint density at radius 2 is 1.85 bits per heavy atom. The Kier molecular flexibility index (Phi) is 6.45. The van der Waals surface area contributed by atoms with Crippen molar-refractivity contribution in [2.75, 3.05) is 24.5 Å². The van der Waals surface area contributed by atoms with Crippen LogP contribution in [0.1, 0.15) is 42.3 Å². The van der Waals surface area contributed by atoms with Crippen molar-refractivity contribution in [1.82, 2.24) is 4.90 Å². The predicted molar refractivity (Wildman–Crippen MR) is 107 cm³/mol. The summed E-state index contributed by atoms with van der Waals surface area (Å²) in [5, 5.41) is 1.93. The molecule has 0 spiro atoms. The molecule has 0 aliphatic carbocycles. The molecule has 5 heteroatoms. The Morgan fingerprint density at radius 1 is 1.12 bits per heavy atom. The van der Waals surface area contributed by atoms with Crippen molar-refractivity contribution >= 4 is 28.8 Å². The first kappa shape index (κ1) is 18.6. The van der Waals surface area contributed by atoms with E-state index in [1.165, 1.54) is 11.3 Å². The molecule has 0 bridgehead atoms. The topological polar surface area (TPSA) is 40.6 Å². The van der Waals surface area contributed by atoms with Crippen LogP contribution in [0.25, 0.3) is 0 Å². The number of amides is 2. The smallest absolute Gasteiger partial charge is 0.263 e. The molecule has 0 atom stereocenters. The Hall–Kier alpha value is -2.14. The lowest BCUT2D eigenvalue weighted by Crippen LogP contribution is -2.44. The average Bonchev–Trinajstić information content (AvgIpc) is 3.23. The van der Waals surface area contributed by atoms with Gasteiger partial charge in [0.1, 0.15) is 0 Å². The zero-order chi connectivity index (χ0) is 18.4. The molecule has 1 fully saturated rings. The minimum Gasteiger partial charge on any atom is -0.338 e. The molecule has 3 rings (SSSR count). The van der Waals surface area contributed by atoms with Crippen LogP contribution in [0.5, 0.6) is 0 Å². The molecule has 0 saturated carbocycles. The number of hydrogen-bond donors (Lipinski definition) is 0. The van der Waals surface area contributed by atoms with Crippen molar-refractivity contribution in [2.24, 2.45) is 5.92 Å². The molecule has 4 nitrogen and oxygen atoms in total. The molecule has 138 valence electrons. The molecule has 0 unspecified atom stereocenters. The van der Waals surface area contributed by atoms with Gasteiger partial charge in [0.05, 0.1) is 4.88 Å². The van der Waals surface area contributed by atoms with Gasteiger partial charge in [-0.15, -0.1) is 11.3 Å². The summed E-state index contributed by atoms with van der Waals surface area (Å²) < 4.78 is 0. The van der Waals surface area contributed by atoms with Crippen LogP contribution in [-0.2, 0) is 4.79 Å². The second kappa shape index (κ2) is 8.99. The first-order valence-corrected chi connectivity index (χ1v) is 10.3. The van der Waals surface area contributed by atoms with Gasteiger partial charge in [-0.05, 0) is 42.8 Å². The fraction of sp³-hybridized carbons (Fsp3) is 0.429. The summed E-state index contributed by atoms with van der Waals surface area (Å²) in [7, 11) is 0. The zero-order valence-corrected chi connectivity index (χ0v) is 16.1. The average molecular weight is 371 g/mol. The second-order valence-electron chi connectivity index (χ2n) is 6.72. The highest BCUT2D eigenvalue weighted by Crippen LogP contribution is 2.25. The number of carbonyl (C=O) groups excluding carboxylic acids is 2. The van der Waals surface area contributed by atoms with Gasteiger partial charge in [0.25, 0.3) is 5.91 Å². The van der Waals surface area contributed by atoms with Gasteiger partial charge in [0.2, 0.25) is 5.91 Å². The van der Waals surface area contributed by atoms with Crippen LogP contribution < -0.4 is 4.90 Å². The highest BCUT2D eigenvalue weighted by atomic mass is 32.1.